The van der Waals surface area contributed by atoms with Crippen molar-refractivity contribution in [1.82, 2.24) is 9.88 Å². The predicted octanol–water partition coefficient (Wildman–Crippen LogP) is 1.06. The molecular weight excluding hydrogens is 274 g/mol. The summed E-state index contributed by atoms with van der Waals surface area (Å²) >= 11 is 1.09. The number of rotatable bonds is 3. The number of anilines is 1. The van der Waals surface area contributed by atoms with E-state index in [0.29, 0.717) is 10.6 Å². The lowest BCUT2D eigenvalue weighted by Crippen LogP contribution is -2.27. The average Bonchev–Trinajstić information content (AvgIpc) is 2.84. The lowest BCUT2D eigenvalue weighted by atomic mass is 10.3. The van der Waals surface area contributed by atoms with Crippen molar-refractivity contribution in [2.24, 2.45) is 0 Å². The van der Waals surface area contributed by atoms with Crippen molar-refractivity contribution < 1.29 is 13.2 Å². The fourth-order valence-corrected chi connectivity index (χ4v) is 3.63. The van der Waals surface area contributed by atoms with Gasteiger partial charge in [-0.3, -0.25) is 9.52 Å². The summed E-state index contributed by atoms with van der Waals surface area (Å²) < 4.78 is 24.5. The van der Waals surface area contributed by atoms with Crippen molar-refractivity contribution in [2.45, 2.75) is 19.8 Å². The summed E-state index contributed by atoms with van der Waals surface area (Å²) in [5.41, 5.74) is 0.572. The Bertz CT molecular complexity index is 559. The molecule has 18 heavy (non-hydrogen) atoms. The van der Waals surface area contributed by atoms with Gasteiger partial charge in [-0.05, 0) is 19.8 Å². The van der Waals surface area contributed by atoms with Gasteiger partial charge in [-0.2, -0.15) is 0 Å². The highest BCUT2D eigenvalue weighted by Crippen LogP contribution is 2.25. The van der Waals surface area contributed by atoms with E-state index < -0.39 is 10.0 Å². The molecule has 0 atom stereocenters. The molecule has 1 aromatic rings. The van der Waals surface area contributed by atoms with Crippen LogP contribution >= 0.6 is 11.3 Å². The number of carbonyl (C=O) groups is 1. The second-order valence-electron chi connectivity index (χ2n) is 4.31. The summed E-state index contributed by atoms with van der Waals surface area (Å²) in [4.78, 5) is 18.5. The highest BCUT2D eigenvalue weighted by atomic mass is 32.2. The van der Waals surface area contributed by atoms with Crippen molar-refractivity contribution in [2.75, 3.05) is 24.1 Å². The number of carbonyl (C=O) groups excluding carboxylic acids is 1. The number of nitrogens with zero attached hydrogens (tertiary/aromatic N) is 2. The molecule has 1 saturated heterocycles. The third-order valence-corrected chi connectivity index (χ3v) is 4.41. The van der Waals surface area contributed by atoms with Crippen LogP contribution in [0.25, 0.3) is 0 Å². The molecule has 1 aliphatic rings. The van der Waals surface area contributed by atoms with Crippen LogP contribution in [0.3, 0.4) is 0 Å². The second-order valence-corrected chi connectivity index (χ2v) is 7.05. The number of thiazole rings is 1. The lowest BCUT2D eigenvalue weighted by molar-refractivity contribution is 0.0796. The van der Waals surface area contributed by atoms with Gasteiger partial charge in [0.15, 0.2) is 5.13 Å². The molecule has 0 aromatic carbocycles. The van der Waals surface area contributed by atoms with Gasteiger partial charge in [0, 0.05) is 13.1 Å². The van der Waals surface area contributed by atoms with Gasteiger partial charge in [0.1, 0.15) is 4.88 Å². The lowest BCUT2D eigenvalue weighted by Gasteiger charge is -2.13. The van der Waals surface area contributed by atoms with Crippen molar-refractivity contribution in [1.29, 1.82) is 0 Å². The summed E-state index contributed by atoms with van der Waals surface area (Å²) in [6.07, 6.45) is 3.11. The van der Waals surface area contributed by atoms with Gasteiger partial charge in [0.05, 0.1) is 11.9 Å². The summed E-state index contributed by atoms with van der Waals surface area (Å²) in [6, 6.07) is 0. The van der Waals surface area contributed by atoms with E-state index in [9.17, 15) is 13.2 Å². The molecule has 1 N–H and O–H groups in total. The Kier molecular flexibility index (Phi) is 3.58. The smallest absolute Gasteiger partial charge is 0.265 e. The van der Waals surface area contributed by atoms with E-state index in [1.54, 1.807) is 11.8 Å². The van der Waals surface area contributed by atoms with E-state index in [4.69, 9.17) is 0 Å². The molecule has 0 aliphatic carbocycles. The quantitative estimate of drug-likeness (QED) is 0.902. The molecule has 1 amide bonds. The fraction of sp³-hybridized carbons (Fsp3) is 0.600. The Morgan fingerprint density at radius 3 is 2.56 bits per heavy atom. The number of aryl methyl sites for hydroxylation is 1. The van der Waals surface area contributed by atoms with E-state index in [0.717, 1.165) is 43.5 Å². The first-order chi connectivity index (χ1) is 8.37. The van der Waals surface area contributed by atoms with Gasteiger partial charge in [0.2, 0.25) is 10.0 Å². The first-order valence-corrected chi connectivity index (χ1v) is 8.32. The molecule has 1 aromatic heterocycles. The molecule has 0 saturated carbocycles. The number of hydrogen-bond acceptors (Lipinski definition) is 5. The first kappa shape index (κ1) is 13.3. The summed E-state index contributed by atoms with van der Waals surface area (Å²) in [7, 11) is -3.35. The molecule has 2 heterocycles. The molecule has 100 valence electrons. The molecule has 1 aliphatic heterocycles. The maximum absolute atomic E-state index is 12.2. The monoisotopic (exact) mass is 289 g/mol. The topological polar surface area (TPSA) is 79.4 Å². The van der Waals surface area contributed by atoms with Crippen LogP contribution in [0.2, 0.25) is 0 Å². The zero-order valence-electron chi connectivity index (χ0n) is 10.3. The number of aromatic nitrogens is 1. The van der Waals surface area contributed by atoms with Gasteiger partial charge >= 0.3 is 0 Å². The van der Waals surface area contributed by atoms with Gasteiger partial charge in [0.25, 0.3) is 5.91 Å². The minimum absolute atomic E-state index is 0.0518. The van der Waals surface area contributed by atoms with E-state index in [1.165, 1.54) is 0 Å². The zero-order valence-corrected chi connectivity index (χ0v) is 11.9. The Morgan fingerprint density at radius 2 is 2.00 bits per heavy atom. The van der Waals surface area contributed by atoms with Gasteiger partial charge in [-0.15, -0.1) is 0 Å². The van der Waals surface area contributed by atoms with Crippen LogP contribution < -0.4 is 4.72 Å². The van der Waals surface area contributed by atoms with Crippen LogP contribution in [-0.2, 0) is 10.0 Å². The average molecular weight is 289 g/mol. The molecule has 2 rings (SSSR count). The Labute approximate surface area is 110 Å². The van der Waals surface area contributed by atoms with E-state index in [-0.39, 0.29) is 11.0 Å². The van der Waals surface area contributed by atoms with E-state index >= 15 is 0 Å². The van der Waals surface area contributed by atoms with Crippen LogP contribution in [0, 0.1) is 6.92 Å². The molecule has 8 heteroatoms. The Morgan fingerprint density at radius 1 is 1.39 bits per heavy atom. The maximum atomic E-state index is 12.2. The zero-order chi connectivity index (χ0) is 13.3. The Balaban J connectivity index is 2.21. The molecule has 0 radical (unpaired) electrons. The predicted molar refractivity (Wildman–Crippen MR) is 70.5 cm³/mol. The van der Waals surface area contributed by atoms with Crippen molar-refractivity contribution in [3.8, 4) is 0 Å². The fourth-order valence-electron chi connectivity index (χ4n) is 1.86. The van der Waals surface area contributed by atoms with Crippen molar-refractivity contribution in [3.63, 3.8) is 0 Å². The molecular formula is C10H15N3O3S2. The highest BCUT2D eigenvalue weighted by molar-refractivity contribution is 7.92. The van der Waals surface area contributed by atoms with Crippen LogP contribution in [0.1, 0.15) is 28.2 Å². The van der Waals surface area contributed by atoms with Crippen molar-refractivity contribution >= 4 is 32.4 Å². The number of sulfonamides is 1. The molecule has 0 unspecified atom stereocenters. The third-order valence-electron chi connectivity index (χ3n) is 2.66. The number of nitrogens with one attached hydrogen (secondary N) is 1. The molecule has 6 nitrogen and oxygen atoms in total. The SMILES string of the molecule is Cc1nc(NS(C)(=O)=O)sc1C(=O)N1CCCC1. The normalized spacial score (nSPS) is 16.0. The van der Waals surface area contributed by atoms with Crippen LogP contribution in [0.5, 0.6) is 0 Å². The first-order valence-electron chi connectivity index (χ1n) is 5.61. The molecule has 0 bridgehead atoms. The van der Waals surface area contributed by atoms with Gasteiger partial charge in [-0.1, -0.05) is 11.3 Å². The van der Waals surface area contributed by atoms with Crippen molar-refractivity contribution in [3.05, 3.63) is 10.6 Å². The number of likely N-dealkylation sites (tertiary alicyclic amines) is 1. The summed E-state index contributed by atoms with van der Waals surface area (Å²) in [5.74, 6) is -0.0518. The minimum atomic E-state index is -3.35. The second kappa shape index (κ2) is 4.85. The number of amides is 1. The van der Waals surface area contributed by atoms with E-state index in [2.05, 4.69) is 9.71 Å². The number of hydrogen-bond donors (Lipinski definition) is 1. The van der Waals surface area contributed by atoms with Gasteiger partial charge < -0.3 is 4.90 Å². The summed E-state index contributed by atoms with van der Waals surface area (Å²) in [5, 5.41) is 0.248. The standard InChI is InChI=1S/C10H15N3O3S2/c1-7-8(9(14)13-5-3-4-6-13)17-10(11-7)12-18(2,15)16/h3-6H2,1-2H3,(H,11,12). The van der Waals surface area contributed by atoms with Gasteiger partial charge in [-0.25, -0.2) is 13.4 Å². The largest absolute Gasteiger partial charge is 0.338 e. The van der Waals surface area contributed by atoms with Crippen LogP contribution in [0.15, 0.2) is 0 Å². The minimum Gasteiger partial charge on any atom is -0.338 e. The Hall–Kier alpha value is -1.15. The van der Waals surface area contributed by atoms with E-state index in [1.807, 2.05) is 0 Å². The highest BCUT2D eigenvalue weighted by Gasteiger charge is 2.24. The third kappa shape index (κ3) is 2.99. The van der Waals surface area contributed by atoms with Crippen LogP contribution in [-0.4, -0.2) is 43.6 Å². The summed E-state index contributed by atoms with van der Waals surface area (Å²) in [6.45, 7) is 3.25. The maximum Gasteiger partial charge on any atom is 0.265 e. The molecule has 1 fully saturated rings. The molecule has 0 spiro atoms. The van der Waals surface area contributed by atoms with Crippen LogP contribution in [0.4, 0.5) is 5.13 Å².